The van der Waals surface area contributed by atoms with Crippen LogP contribution in [0, 0.1) is 5.82 Å². The van der Waals surface area contributed by atoms with Gasteiger partial charge in [-0.1, -0.05) is 24.3 Å². The van der Waals surface area contributed by atoms with Crippen LogP contribution < -0.4 is 11.1 Å². The number of nitrogens with one attached hydrogen (secondary N) is 1. The smallest absolute Gasteiger partial charge is 0.148 e. The van der Waals surface area contributed by atoms with Crippen molar-refractivity contribution in [3.63, 3.8) is 0 Å². The number of rotatable bonds is 3. The van der Waals surface area contributed by atoms with E-state index >= 15 is 0 Å². The molecule has 0 aliphatic heterocycles. The highest BCUT2D eigenvalue weighted by atomic mass is 19.1. The summed E-state index contributed by atoms with van der Waals surface area (Å²) in [4.78, 5) is 0. The highest BCUT2D eigenvalue weighted by Crippen LogP contribution is 2.24. The molecule has 0 unspecified atom stereocenters. The third kappa shape index (κ3) is 2.09. The molecular weight excluding hydrogens is 253 g/mol. The summed E-state index contributed by atoms with van der Waals surface area (Å²) in [6.45, 7) is 0.606. The average molecular weight is 269 g/mol. The molecule has 0 aliphatic rings. The van der Waals surface area contributed by atoms with E-state index in [0.717, 1.165) is 5.56 Å². The van der Waals surface area contributed by atoms with Crippen LogP contribution in [-0.4, -0.2) is 4.57 Å². The van der Waals surface area contributed by atoms with E-state index in [1.165, 1.54) is 17.0 Å². The van der Waals surface area contributed by atoms with Crippen LogP contribution in [0.1, 0.15) is 5.56 Å². The minimum absolute atomic E-state index is 0.160. The van der Waals surface area contributed by atoms with E-state index in [4.69, 9.17) is 5.73 Å². The largest absolute Gasteiger partial charge is 0.395 e. The van der Waals surface area contributed by atoms with Gasteiger partial charge in [-0.15, -0.1) is 0 Å². The Morgan fingerprint density at radius 3 is 2.80 bits per heavy atom. The minimum Gasteiger partial charge on any atom is -0.395 e. The Hall–Kier alpha value is -2.49. The van der Waals surface area contributed by atoms with Gasteiger partial charge in [0.25, 0.3) is 0 Å². The Balaban J connectivity index is 1.89. The molecule has 2 aromatic carbocycles. The number of para-hydroxylation sites is 2. The van der Waals surface area contributed by atoms with Gasteiger partial charge in [-0.2, -0.15) is 0 Å². The van der Waals surface area contributed by atoms with Crippen molar-refractivity contribution in [2.45, 2.75) is 6.54 Å². The zero-order chi connectivity index (χ0) is 14.1. The molecule has 0 bridgehead atoms. The van der Waals surface area contributed by atoms with Gasteiger partial charge in [0, 0.05) is 30.7 Å². The van der Waals surface area contributed by atoms with E-state index in [2.05, 4.69) is 28.2 Å². The summed E-state index contributed by atoms with van der Waals surface area (Å²) in [6, 6.07) is 13.0. The maximum absolute atomic E-state index is 13.4. The molecule has 0 fully saturated rings. The van der Waals surface area contributed by atoms with Crippen LogP contribution in [0.15, 0.2) is 48.7 Å². The van der Waals surface area contributed by atoms with E-state index in [1.807, 2.05) is 19.2 Å². The van der Waals surface area contributed by atoms with Crippen LogP contribution in [0.25, 0.3) is 10.9 Å². The van der Waals surface area contributed by atoms with Crippen molar-refractivity contribution < 1.29 is 4.39 Å². The fourth-order valence-electron chi connectivity index (χ4n) is 2.45. The highest BCUT2D eigenvalue weighted by molar-refractivity contribution is 5.84. The summed E-state index contributed by atoms with van der Waals surface area (Å²) < 4.78 is 15.5. The van der Waals surface area contributed by atoms with Gasteiger partial charge in [0.05, 0.1) is 11.4 Å². The first-order valence-corrected chi connectivity index (χ1v) is 6.47. The zero-order valence-corrected chi connectivity index (χ0v) is 11.2. The first kappa shape index (κ1) is 12.5. The quantitative estimate of drug-likeness (QED) is 0.714. The number of fused-ring (bicyclic) bond motifs is 1. The molecule has 1 heterocycles. The molecule has 0 saturated carbocycles. The van der Waals surface area contributed by atoms with Crippen LogP contribution >= 0.6 is 0 Å². The maximum atomic E-state index is 13.4. The molecule has 0 spiro atoms. The fraction of sp³-hybridized carbons (Fsp3) is 0.125. The molecule has 0 radical (unpaired) electrons. The van der Waals surface area contributed by atoms with Gasteiger partial charge in [0.2, 0.25) is 0 Å². The second-order valence-corrected chi connectivity index (χ2v) is 4.84. The summed E-state index contributed by atoms with van der Waals surface area (Å²) in [6.07, 6.45) is 2.08. The van der Waals surface area contributed by atoms with Crippen molar-refractivity contribution in [1.82, 2.24) is 4.57 Å². The van der Waals surface area contributed by atoms with Crippen molar-refractivity contribution in [2.75, 3.05) is 11.1 Å². The number of aromatic nitrogens is 1. The third-order valence-corrected chi connectivity index (χ3v) is 3.50. The molecule has 0 saturated heterocycles. The number of anilines is 2. The van der Waals surface area contributed by atoms with Crippen molar-refractivity contribution in [3.8, 4) is 0 Å². The van der Waals surface area contributed by atoms with E-state index in [-0.39, 0.29) is 5.69 Å². The summed E-state index contributed by atoms with van der Waals surface area (Å²) in [5.74, 6) is -0.395. The molecule has 3 nitrogen and oxygen atoms in total. The molecule has 0 amide bonds. The van der Waals surface area contributed by atoms with Gasteiger partial charge in [-0.3, -0.25) is 0 Å². The van der Waals surface area contributed by atoms with Crippen molar-refractivity contribution >= 4 is 22.3 Å². The highest BCUT2D eigenvalue weighted by Gasteiger charge is 2.07. The summed E-state index contributed by atoms with van der Waals surface area (Å²) in [7, 11) is 2.02. The maximum Gasteiger partial charge on any atom is 0.148 e. The third-order valence-electron chi connectivity index (χ3n) is 3.50. The van der Waals surface area contributed by atoms with E-state index in [9.17, 15) is 4.39 Å². The first-order valence-electron chi connectivity index (χ1n) is 6.47. The monoisotopic (exact) mass is 269 g/mol. The number of nitrogens with zero attached hydrogens (tertiary/aromatic N) is 1. The molecule has 3 rings (SSSR count). The SMILES string of the molecule is Cn1cc(CNc2cccc(F)c2N)c2ccccc21. The van der Waals surface area contributed by atoms with Crippen molar-refractivity contribution in [3.05, 3.63) is 60.0 Å². The summed E-state index contributed by atoms with van der Waals surface area (Å²) >= 11 is 0. The van der Waals surface area contributed by atoms with Gasteiger partial charge >= 0.3 is 0 Å². The first-order chi connectivity index (χ1) is 9.66. The predicted molar refractivity (Wildman–Crippen MR) is 81.1 cm³/mol. The average Bonchev–Trinajstić information content (AvgIpc) is 2.78. The van der Waals surface area contributed by atoms with Gasteiger partial charge in [-0.05, 0) is 23.8 Å². The molecule has 1 aromatic heterocycles. The molecule has 3 aromatic rings. The minimum atomic E-state index is -0.395. The Bertz CT molecular complexity index is 762. The number of hydrogen-bond acceptors (Lipinski definition) is 2. The van der Waals surface area contributed by atoms with Crippen LogP contribution in [0.3, 0.4) is 0 Å². The second kappa shape index (κ2) is 4.89. The lowest BCUT2D eigenvalue weighted by Crippen LogP contribution is -2.03. The Morgan fingerprint density at radius 1 is 1.15 bits per heavy atom. The predicted octanol–water partition coefficient (Wildman–Crippen LogP) is 3.51. The van der Waals surface area contributed by atoms with Crippen LogP contribution in [0.5, 0.6) is 0 Å². The number of halogens is 1. The van der Waals surface area contributed by atoms with E-state index in [1.54, 1.807) is 12.1 Å². The van der Waals surface area contributed by atoms with E-state index < -0.39 is 5.82 Å². The standard InChI is InChI=1S/C16H16FN3/c1-20-10-11(12-5-2-3-8-15(12)20)9-19-14-7-4-6-13(17)16(14)18/h2-8,10,19H,9,18H2,1H3. The lowest BCUT2D eigenvalue weighted by molar-refractivity contribution is 0.633. The lowest BCUT2D eigenvalue weighted by Gasteiger charge is -2.09. The Morgan fingerprint density at radius 2 is 1.95 bits per heavy atom. The molecule has 102 valence electrons. The lowest BCUT2D eigenvalue weighted by atomic mass is 10.1. The van der Waals surface area contributed by atoms with Gasteiger partial charge in [0.15, 0.2) is 0 Å². The number of nitrogen functional groups attached to an aromatic ring is 1. The van der Waals surface area contributed by atoms with Gasteiger partial charge in [-0.25, -0.2) is 4.39 Å². The molecule has 3 N–H and O–H groups in total. The summed E-state index contributed by atoms with van der Waals surface area (Å²) in [5, 5.41) is 4.39. The Kier molecular flexibility index (Phi) is 3.06. The van der Waals surface area contributed by atoms with Crippen LogP contribution in [0.2, 0.25) is 0 Å². The van der Waals surface area contributed by atoms with Crippen LogP contribution in [0.4, 0.5) is 15.8 Å². The molecule has 0 atom stereocenters. The summed E-state index contributed by atoms with van der Waals surface area (Å²) in [5.41, 5.74) is 8.84. The van der Waals surface area contributed by atoms with Crippen molar-refractivity contribution in [2.24, 2.45) is 7.05 Å². The topological polar surface area (TPSA) is 43.0 Å². The van der Waals surface area contributed by atoms with E-state index in [0.29, 0.717) is 12.2 Å². The normalized spacial score (nSPS) is 10.9. The zero-order valence-electron chi connectivity index (χ0n) is 11.2. The molecule has 4 heteroatoms. The van der Waals surface area contributed by atoms with Gasteiger partial charge in [0.1, 0.15) is 5.82 Å². The number of aryl methyl sites for hydroxylation is 1. The van der Waals surface area contributed by atoms with Crippen molar-refractivity contribution in [1.29, 1.82) is 0 Å². The van der Waals surface area contributed by atoms with Crippen LogP contribution in [-0.2, 0) is 13.6 Å². The molecule has 0 aliphatic carbocycles. The molecule has 20 heavy (non-hydrogen) atoms. The van der Waals surface area contributed by atoms with Gasteiger partial charge < -0.3 is 15.6 Å². The number of benzene rings is 2. The fourth-order valence-corrected chi connectivity index (χ4v) is 2.45. The number of nitrogens with two attached hydrogens (primary N) is 1. The molecular formula is C16H16FN3. The Labute approximate surface area is 116 Å². The second-order valence-electron chi connectivity index (χ2n) is 4.84. The number of hydrogen-bond donors (Lipinski definition) is 2.